The Morgan fingerprint density at radius 1 is 1.16 bits per heavy atom. The van der Waals surface area contributed by atoms with Gasteiger partial charge in [-0.1, -0.05) is 29.8 Å². The molecule has 3 rings (SSSR count). The van der Waals surface area contributed by atoms with Gasteiger partial charge >= 0.3 is 0 Å². The SMILES string of the molecule is Cc1ccc(OC[C@@H](O)Cn2c(C)nc3ccccc3c2=O)c(C)c1. The van der Waals surface area contributed by atoms with E-state index in [-0.39, 0.29) is 18.7 Å². The number of aromatic nitrogens is 2. The Balaban J connectivity index is 1.76. The number of para-hydroxylation sites is 1. The van der Waals surface area contributed by atoms with E-state index in [1.54, 1.807) is 13.0 Å². The predicted molar refractivity (Wildman–Crippen MR) is 98.2 cm³/mol. The van der Waals surface area contributed by atoms with Crippen LogP contribution in [-0.4, -0.2) is 27.4 Å². The van der Waals surface area contributed by atoms with Crippen LogP contribution in [0.1, 0.15) is 17.0 Å². The number of aliphatic hydroxyl groups excluding tert-OH is 1. The molecule has 5 heteroatoms. The second-order valence-electron chi connectivity index (χ2n) is 6.33. The van der Waals surface area contributed by atoms with Crippen molar-refractivity contribution in [2.45, 2.75) is 33.4 Å². The lowest BCUT2D eigenvalue weighted by atomic mass is 10.1. The molecule has 1 heterocycles. The molecule has 3 aromatic rings. The molecule has 1 atom stereocenters. The van der Waals surface area contributed by atoms with Gasteiger partial charge in [-0.15, -0.1) is 0 Å². The molecule has 1 N–H and O–H groups in total. The van der Waals surface area contributed by atoms with Crippen molar-refractivity contribution in [3.05, 3.63) is 69.8 Å². The minimum Gasteiger partial charge on any atom is -0.491 e. The molecule has 0 bridgehead atoms. The molecule has 25 heavy (non-hydrogen) atoms. The van der Waals surface area contributed by atoms with Gasteiger partial charge in [0.15, 0.2) is 0 Å². The van der Waals surface area contributed by atoms with Crippen molar-refractivity contribution < 1.29 is 9.84 Å². The van der Waals surface area contributed by atoms with E-state index in [0.717, 1.165) is 16.9 Å². The van der Waals surface area contributed by atoms with E-state index in [9.17, 15) is 9.90 Å². The lowest BCUT2D eigenvalue weighted by Crippen LogP contribution is -2.32. The van der Waals surface area contributed by atoms with E-state index >= 15 is 0 Å². The van der Waals surface area contributed by atoms with Crippen LogP contribution in [0.3, 0.4) is 0 Å². The Bertz CT molecular complexity index is 963. The molecule has 130 valence electrons. The fraction of sp³-hybridized carbons (Fsp3) is 0.300. The maximum Gasteiger partial charge on any atom is 0.261 e. The zero-order chi connectivity index (χ0) is 18.0. The van der Waals surface area contributed by atoms with Crippen LogP contribution >= 0.6 is 0 Å². The normalized spacial score (nSPS) is 12.3. The van der Waals surface area contributed by atoms with Gasteiger partial charge in [-0.05, 0) is 44.5 Å². The number of aliphatic hydroxyl groups is 1. The molecule has 0 radical (unpaired) electrons. The third-order valence-electron chi connectivity index (χ3n) is 4.21. The Morgan fingerprint density at radius 3 is 2.68 bits per heavy atom. The van der Waals surface area contributed by atoms with Crippen LogP contribution < -0.4 is 10.3 Å². The van der Waals surface area contributed by atoms with Crippen LogP contribution in [0, 0.1) is 20.8 Å². The highest BCUT2D eigenvalue weighted by molar-refractivity contribution is 5.77. The molecular formula is C20H22N2O3. The summed E-state index contributed by atoms with van der Waals surface area (Å²) < 4.78 is 7.21. The molecule has 0 aliphatic heterocycles. The summed E-state index contributed by atoms with van der Waals surface area (Å²) in [6.45, 7) is 6.02. The quantitative estimate of drug-likeness (QED) is 0.777. The van der Waals surface area contributed by atoms with Crippen molar-refractivity contribution in [1.29, 1.82) is 0 Å². The summed E-state index contributed by atoms with van der Waals surface area (Å²) in [6, 6.07) is 13.1. The Kier molecular flexibility index (Phi) is 4.86. The molecule has 0 saturated carbocycles. The van der Waals surface area contributed by atoms with Gasteiger partial charge < -0.3 is 9.84 Å². The standard InChI is InChI=1S/C20H22N2O3/c1-13-8-9-19(14(2)10-13)25-12-16(23)11-22-15(3)21-18-7-5-4-6-17(18)20(22)24/h4-10,16,23H,11-12H2,1-3H3/t16-/m0/s1. The summed E-state index contributed by atoms with van der Waals surface area (Å²) in [7, 11) is 0. The van der Waals surface area contributed by atoms with Crippen LogP contribution in [-0.2, 0) is 6.54 Å². The largest absolute Gasteiger partial charge is 0.491 e. The highest BCUT2D eigenvalue weighted by Gasteiger charge is 2.13. The van der Waals surface area contributed by atoms with E-state index < -0.39 is 6.10 Å². The molecule has 0 aliphatic rings. The fourth-order valence-corrected chi connectivity index (χ4v) is 2.90. The van der Waals surface area contributed by atoms with Gasteiger partial charge in [0.25, 0.3) is 5.56 Å². The summed E-state index contributed by atoms with van der Waals surface area (Å²) in [4.78, 5) is 17.1. The minimum atomic E-state index is -0.805. The summed E-state index contributed by atoms with van der Waals surface area (Å²) in [6.07, 6.45) is -0.805. The van der Waals surface area contributed by atoms with Gasteiger partial charge in [0.1, 0.15) is 24.3 Å². The van der Waals surface area contributed by atoms with Crippen LogP contribution in [0.4, 0.5) is 0 Å². The van der Waals surface area contributed by atoms with Crippen molar-refractivity contribution >= 4 is 10.9 Å². The van der Waals surface area contributed by atoms with E-state index in [2.05, 4.69) is 4.98 Å². The number of aryl methyl sites for hydroxylation is 3. The first kappa shape index (κ1) is 17.2. The average molecular weight is 338 g/mol. The van der Waals surface area contributed by atoms with Crippen molar-refractivity contribution in [2.24, 2.45) is 0 Å². The van der Waals surface area contributed by atoms with Gasteiger partial charge in [-0.25, -0.2) is 4.98 Å². The maximum absolute atomic E-state index is 12.6. The number of hydrogen-bond acceptors (Lipinski definition) is 4. The maximum atomic E-state index is 12.6. The summed E-state index contributed by atoms with van der Waals surface area (Å²) in [5.74, 6) is 1.32. The van der Waals surface area contributed by atoms with Crippen LogP contribution in [0.15, 0.2) is 47.3 Å². The van der Waals surface area contributed by atoms with Crippen molar-refractivity contribution in [3.63, 3.8) is 0 Å². The fourth-order valence-electron chi connectivity index (χ4n) is 2.90. The lowest BCUT2D eigenvalue weighted by Gasteiger charge is -2.17. The summed E-state index contributed by atoms with van der Waals surface area (Å²) in [5, 5.41) is 10.9. The van der Waals surface area contributed by atoms with Crippen LogP contribution in [0.5, 0.6) is 5.75 Å². The van der Waals surface area contributed by atoms with Gasteiger partial charge in [0.05, 0.1) is 17.4 Å². The molecule has 0 spiro atoms. The molecular weight excluding hydrogens is 316 g/mol. The Morgan fingerprint density at radius 2 is 1.92 bits per heavy atom. The Labute approximate surface area is 146 Å². The van der Waals surface area contributed by atoms with E-state index in [4.69, 9.17) is 4.74 Å². The molecule has 1 aromatic heterocycles. The zero-order valence-corrected chi connectivity index (χ0v) is 14.7. The minimum absolute atomic E-state index is 0.114. The van der Waals surface area contributed by atoms with Gasteiger partial charge in [-0.3, -0.25) is 9.36 Å². The number of hydrogen-bond donors (Lipinski definition) is 1. The third-order valence-corrected chi connectivity index (χ3v) is 4.21. The molecule has 2 aromatic carbocycles. The van der Waals surface area contributed by atoms with E-state index in [1.165, 1.54) is 4.57 Å². The average Bonchev–Trinajstić information content (AvgIpc) is 2.58. The molecule has 0 fully saturated rings. The van der Waals surface area contributed by atoms with Gasteiger partial charge in [0.2, 0.25) is 0 Å². The van der Waals surface area contributed by atoms with Gasteiger partial charge in [-0.2, -0.15) is 0 Å². The topological polar surface area (TPSA) is 64.3 Å². The van der Waals surface area contributed by atoms with Crippen molar-refractivity contribution in [1.82, 2.24) is 9.55 Å². The predicted octanol–water partition coefficient (Wildman–Crippen LogP) is 2.76. The number of rotatable bonds is 5. The van der Waals surface area contributed by atoms with E-state index in [1.807, 2.05) is 50.2 Å². The lowest BCUT2D eigenvalue weighted by molar-refractivity contribution is 0.0906. The highest BCUT2D eigenvalue weighted by atomic mass is 16.5. The number of nitrogens with zero attached hydrogens (tertiary/aromatic N) is 2. The van der Waals surface area contributed by atoms with Crippen molar-refractivity contribution in [3.8, 4) is 5.75 Å². The molecule has 0 aliphatic carbocycles. The number of ether oxygens (including phenoxy) is 1. The monoisotopic (exact) mass is 338 g/mol. The number of fused-ring (bicyclic) bond motifs is 1. The van der Waals surface area contributed by atoms with Crippen LogP contribution in [0.2, 0.25) is 0 Å². The second kappa shape index (κ2) is 7.07. The van der Waals surface area contributed by atoms with E-state index in [0.29, 0.717) is 16.7 Å². The van der Waals surface area contributed by atoms with Crippen LogP contribution in [0.25, 0.3) is 10.9 Å². The third kappa shape index (κ3) is 3.72. The Hall–Kier alpha value is -2.66. The first-order chi connectivity index (χ1) is 12.0. The van der Waals surface area contributed by atoms with Crippen molar-refractivity contribution in [2.75, 3.05) is 6.61 Å². The second-order valence-corrected chi connectivity index (χ2v) is 6.33. The smallest absolute Gasteiger partial charge is 0.261 e. The molecule has 0 unspecified atom stereocenters. The zero-order valence-electron chi connectivity index (χ0n) is 14.7. The first-order valence-corrected chi connectivity index (χ1v) is 8.30. The first-order valence-electron chi connectivity index (χ1n) is 8.30. The molecule has 0 saturated heterocycles. The highest BCUT2D eigenvalue weighted by Crippen LogP contribution is 2.19. The number of benzene rings is 2. The molecule has 0 amide bonds. The molecule has 5 nitrogen and oxygen atoms in total. The van der Waals surface area contributed by atoms with Gasteiger partial charge in [0, 0.05) is 0 Å². The summed E-state index contributed by atoms with van der Waals surface area (Å²) >= 11 is 0. The summed E-state index contributed by atoms with van der Waals surface area (Å²) in [5.41, 5.74) is 2.71.